The van der Waals surface area contributed by atoms with Crippen molar-refractivity contribution < 1.29 is 23.8 Å². The van der Waals surface area contributed by atoms with Crippen LogP contribution in [0.25, 0.3) is 0 Å². The van der Waals surface area contributed by atoms with E-state index in [1.54, 1.807) is 20.8 Å². The van der Waals surface area contributed by atoms with Crippen LogP contribution in [0.2, 0.25) is 0 Å². The normalized spacial score (nSPS) is 18.1. The number of aliphatic carboxylic acids is 1. The molecule has 0 spiro atoms. The van der Waals surface area contributed by atoms with Gasteiger partial charge in [0.1, 0.15) is 12.1 Å². The summed E-state index contributed by atoms with van der Waals surface area (Å²) in [4.78, 5) is 23.1. The second-order valence-corrected chi connectivity index (χ2v) is 5.23. The Balaban J connectivity index is 2.76. The summed E-state index contributed by atoms with van der Waals surface area (Å²) in [6, 6.07) is 0. The van der Waals surface area contributed by atoms with Crippen LogP contribution in [0.1, 0.15) is 40.0 Å². The van der Waals surface area contributed by atoms with E-state index in [-0.39, 0.29) is 12.8 Å². The minimum absolute atomic E-state index is 0.166. The lowest BCUT2D eigenvalue weighted by Gasteiger charge is -2.42. The summed E-state index contributed by atoms with van der Waals surface area (Å²) in [5.41, 5.74) is -0.770. The van der Waals surface area contributed by atoms with Gasteiger partial charge in [-0.3, -0.25) is 9.69 Å². The fourth-order valence-corrected chi connectivity index (χ4v) is 1.56. The molecule has 0 aromatic carbocycles. The van der Waals surface area contributed by atoms with Crippen LogP contribution in [0.4, 0.5) is 9.18 Å². The van der Waals surface area contributed by atoms with Gasteiger partial charge in [0.2, 0.25) is 0 Å². The molecule has 0 radical (unpaired) electrons. The van der Waals surface area contributed by atoms with E-state index in [4.69, 9.17) is 9.84 Å². The Kier molecular flexibility index (Phi) is 3.64. The quantitative estimate of drug-likeness (QED) is 0.776. The molecule has 1 saturated carbocycles. The van der Waals surface area contributed by atoms with Crippen molar-refractivity contribution in [3.63, 3.8) is 0 Å². The van der Waals surface area contributed by atoms with Crippen LogP contribution < -0.4 is 0 Å². The number of halogens is 1. The molecule has 1 fully saturated rings. The Hall–Kier alpha value is -1.33. The van der Waals surface area contributed by atoms with Crippen LogP contribution in [0.5, 0.6) is 0 Å². The van der Waals surface area contributed by atoms with E-state index in [0.717, 1.165) is 0 Å². The number of rotatable bonds is 3. The number of hydrogen-bond acceptors (Lipinski definition) is 3. The molecule has 0 atom stereocenters. The molecule has 1 aliphatic carbocycles. The Labute approximate surface area is 99.5 Å². The van der Waals surface area contributed by atoms with Gasteiger partial charge in [0, 0.05) is 12.8 Å². The summed E-state index contributed by atoms with van der Waals surface area (Å²) in [7, 11) is 0. The van der Waals surface area contributed by atoms with Gasteiger partial charge in [-0.2, -0.15) is 0 Å². The Morgan fingerprint density at radius 1 is 1.41 bits per heavy atom. The molecule has 0 aliphatic heterocycles. The van der Waals surface area contributed by atoms with Gasteiger partial charge in [0.05, 0.1) is 0 Å². The van der Waals surface area contributed by atoms with E-state index in [2.05, 4.69) is 0 Å². The van der Waals surface area contributed by atoms with E-state index in [1.807, 2.05) is 0 Å². The fraction of sp³-hybridized carbons (Fsp3) is 0.818. The third kappa shape index (κ3) is 3.57. The number of carboxylic acids is 1. The Morgan fingerprint density at radius 2 is 1.94 bits per heavy atom. The van der Waals surface area contributed by atoms with Gasteiger partial charge in [-0.25, -0.2) is 9.18 Å². The third-order valence-electron chi connectivity index (χ3n) is 2.51. The second-order valence-electron chi connectivity index (χ2n) is 5.23. The maximum absolute atomic E-state index is 14.1. The number of nitrogens with zero attached hydrogens (tertiary/aromatic N) is 1. The van der Waals surface area contributed by atoms with E-state index in [1.165, 1.54) is 0 Å². The first-order valence-electron chi connectivity index (χ1n) is 5.55. The molecule has 0 aromatic heterocycles. The maximum atomic E-state index is 14.1. The molecule has 17 heavy (non-hydrogen) atoms. The standard InChI is InChI=1S/C11H18FNO4/c1-10(2,3)17-9(16)13(7-8(14)15)11(12)5-4-6-11/h4-7H2,1-3H3,(H,14,15). The number of hydrogen-bond donors (Lipinski definition) is 1. The zero-order valence-electron chi connectivity index (χ0n) is 10.3. The van der Waals surface area contributed by atoms with Gasteiger partial charge in [0.15, 0.2) is 5.79 Å². The molecular formula is C11H18FNO4. The second kappa shape index (κ2) is 4.50. The van der Waals surface area contributed by atoms with Crippen LogP contribution in [-0.2, 0) is 9.53 Å². The summed E-state index contributed by atoms with van der Waals surface area (Å²) in [5.74, 6) is -3.11. The van der Waals surface area contributed by atoms with Crippen molar-refractivity contribution in [1.82, 2.24) is 4.90 Å². The topological polar surface area (TPSA) is 66.8 Å². The van der Waals surface area contributed by atoms with Crippen LogP contribution in [0, 0.1) is 0 Å². The van der Waals surface area contributed by atoms with Crippen molar-refractivity contribution in [2.45, 2.75) is 51.4 Å². The van der Waals surface area contributed by atoms with Crippen molar-refractivity contribution in [2.24, 2.45) is 0 Å². The zero-order valence-corrected chi connectivity index (χ0v) is 10.3. The Bertz CT molecular complexity index is 320. The van der Waals surface area contributed by atoms with Crippen molar-refractivity contribution in [2.75, 3.05) is 6.54 Å². The summed E-state index contributed by atoms with van der Waals surface area (Å²) >= 11 is 0. The first-order chi connectivity index (χ1) is 7.64. The van der Waals surface area contributed by atoms with Crippen LogP contribution in [-0.4, -0.2) is 40.0 Å². The van der Waals surface area contributed by atoms with Gasteiger partial charge in [-0.05, 0) is 27.2 Å². The number of carbonyl (C=O) groups is 2. The van der Waals surface area contributed by atoms with Gasteiger partial charge in [-0.15, -0.1) is 0 Å². The predicted octanol–water partition coefficient (Wildman–Crippen LogP) is 2.16. The number of amides is 1. The summed E-state index contributed by atoms with van der Waals surface area (Å²) in [6.07, 6.45) is 0.0659. The zero-order chi connectivity index (χ0) is 13.3. The van der Waals surface area contributed by atoms with Crippen molar-refractivity contribution in [1.29, 1.82) is 0 Å². The average Bonchev–Trinajstić information content (AvgIpc) is 2.07. The van der Waals surface area contributed by atoms with Crippen molar-refractivity contribution >= 4 is 12.1 Å². The maximum Gasteiger partial charge on any atom is 0.413 e. The molecule has 0 unspecified atom stereocenters. The molecule has 1 amide bonds. The lowest BCUT2D eigenvalue weighted by atomic mass is 9.88. The van der Waals surface area contributed by atoms with Crippen LogP contribution >= 0.6 is 0 Å². The SMILES string of the molecule is CC(C)(C)OC(=O)N(CC(=O)O)C1(F)CCC1. The highest BCUT2D eigenvalue weighted by molar-refractivity contribution is 5.77. The molecule has 0 bridgehead atoms. The van der Waals surface area contributed by atoms with E-state index >= 15 is 0 Å². The third-order valence-corrected chi connectivity index (χ3v) is 2.51. The van der Waals surface area contributed by atoms with Crippen molar-refractivity contribution in [3.05, 3.63) is 0 Å². The molecule has 0 saturated heterocycles. The summed E-state index contributed by atoms with van der Waals surface area (Å²) < 4.78 is 19.1. The lowest BCUT2D eigenvalue weighted by molar-refractivity contribution is -0.148. The first kappa shape index (κ1) is 13.7. The molecule has 0 heterocycles. The summed E-state index contributed by atoms with van der Waals surface area (Å²) in [5, 5.41) is 8.70. The fourth-order valence-electron chi connectivity index (χ4n) is 1.56. The highest BCUT2D eigenvalue weighted by Gasteiger charge is 2.47. The van der Waals surface area contributed by atoms with E-state index in [9.17, 15) is 14.0 Å². The molecule has 98 valence electrons. The highest BCUT2D eigenvalue weighted by atomic mass is 19.1. The molecular weight excluding hydrogens is 229 g/mol. The largest absolute Gasteiger partial charge is 0.480 e. The smallest absolute Gasteiger partial charge is 0.413 e. The summed E-state index contributed by atoms with van der Waals surface area (Å²) in [6.45, 7) is 4.27. The molecule has 6 heteroatoms. The van der Waals surface area contributed by atoms with Gasteiger partial charge < -0.3 is 9.84 Å². The number of ether oxygens (including phenoxy) is 1. The van der Waals surface area contributed by atoms with Crippen molar-refractivity contribution in [3.8, 4) is 0 Å². The number of carbonyl (C=O) groups excluding carboxylic acids is 1. The number of carboxylic acid groups (broad SMARTS) is 1. The molecule has 0 aromatic rings. The van der Waals surface area contributed by atoms with Gasteiger partial charge >= 0.3 is 12.1 Å². The molecule has 1 aliphatic rings. The molecule has 5 nitrogen and oxygen atoms in total. The monoisotopic (exact) mass is 247 g/mol. The lowest BCUT2D eigenvalue weighted by Crippen LogP contribution is -2.56. The van der Waals surface area contributed by atoms with Gasteiger partial charge in [0.25, 0.3) is 0 Å². The first-order valence-corrected chi connectivity index (χ1v) is 5.55. The van der Waals surface area contributed by atoms with Gasteiger partial charge in [-0.1, -0.05) is 0 Å². The average molecular weight is 247 g/mol. The molecule has 1 rings (SSSR count). The Morgan fingerprint density at radius 3 is 2.24 bits per heavy atom. The number of alkyl halides is 1. The minimum atomic E-state index is -1.86. The van der Waals surface area contributed by atoms with E-state index in [0.29, 0.717) is 11.3 Å². The highest BCUT2D eigenvalue weighted by Crippen LogP contribution is 2.39. The van der Waals surface area contributed by atoms with E-state index < -0.39 is 30.0 Å². The molecule has 1 N–H and O–H groups in total. The predicted molar refractivity (Wildman–Crippen MR) is 58.3 cm³/mol. The van der Waals surface area contributed by atoms with Crippen LogP contribution in [0.3, 0.4) is 0 Å². The minimum Gasteiger partial charge on any atom is -0.480 e. The van der Waals surface area contributed by atoms with Crippen LogP contribution in [0.15, 0.2) is 0 Å².